The van der Waals surface area contributed by atoms with Crippen LogP contribution >= 0.6 is 11.3 Å². The number of fused-ring (bicyclic) bond motifs is 1. The molecule has 1 N–H and O–H groups in total. The predicted octanol–water partition coefficient (Wildman–Crippen LogP) is 4.09. The van der Waals surface area contributed by atoms with Crippen LogP contribution in [0.15, 0.2) is 24.3 Å². The summed E-state index contributed by atoms with van der Waals surface area (Å²) in [6.45, 7) is 6.03. The van der Waals surface area contributed by atoms with Gasteiger partial charge in [0.05, 0.1) is 16.8 Å². The number of amides is 2. The van der Waals surface area contributed by atoms with Crippen molar-refractivity contribution in [2.75, 3.05) is 32.7 Å². The smallest absolute Gasteiger partial charge is 0.317 e. The van der Waals surface area contributed by atoms with E-state index < -0.39 is 0 Å². The Hall–Kier alpha value is -1.66. The fraction of sp³-hybridized carbons (Fsp3) is 0.619. The quantitative estimate of drug-likeness (QED) is 0.861. The first kappa shape index (κ1) is 18.7. The molecule has 0 spiro atoms. The molecular formula is C21H30N4OS. The van der Waals surface area contributed by atoms with Crippen molar-refractivity contribution in [1.82, 2.24) is 20.1 Å². The van der Waals surface area contributed by atoms with E-state index in [9.17, 15) is 4.79 Å². The van der Waals surface area contributed by atoms with Crippen LogP contribution < -0.4 is 5.32 Å². The van der Waals surface area contributed by atoms with E-state index in [4.69, 9.17) is 0 Å². The Kier molecular flexibility index (Phi) is 6.24. The molecule has 0 saturated carbocycles. The third-order valence-electron chi connectivity index (χ3n) is 5.85. The zero-order chi connectivity index (χ0) is 18.5. The fourth-order valence-electron chi connectivity index (χ4n) is 4.26. The van der Waals surface area contributed by atoms with Crippen molar-refractivity contribution in [2.45, 2.75) is 45.1 Å². The number of hydrogen-bond donors (Lipinski definition) is 1. The van der Waals surface area contributed by atoms with Crippen LogP contribution in [0.3, 0.4) is 0 Å². The largest absolute Gasteiger partial charge is 0.331 e. The third kappa shape index (κ3) is 4.99. The Morgan fingerprint density at radius 3 is 2.56 bits per heavy atom. The van der Waals surface area contributed by atoms with Crippen molar-refractivity contribution in [3.8, 4) is 0 Å². The maximum absolute atomic E-state index is 12.5. The van der Waals surface area contributed by atoms with Crippen LogP contribution in [0.2, 0.25) is 0 Å². The second-order valence-corrected chi connectivity index (χ2v) is 8.99. The van der Waals surface area contributed by atoms with Crippen molar-refractivity contribution in [3.05, 3.63) is 29.3 Å². The van der Waals surface area contributed by atoms with Crippen molar-refractivity contribution >= 4 is 27.6 Å². The Morgan fingerprint density at radius 2 is 1.81 bits per heavy atom. The van der Waals surface area contributed by atoms with E-state index in [1.165, 1.54) is 50.0 Å². The molecule has 6 heteroatoms. The van der Waals surface area contributed by atoms with Crippen molar-refractivity contribution in [3.63, 3.8) is 0 Å². The highest BCUT2D eigenvalue weighted by molar-refractivity contribution is 7.18. The number of nitrogens with zero attached hydrogens (tertiary/aromatic N) is 3. The van der Waals surface area contributed by atoms with Gasteiger partial charge in [-0.05, 0) is 56.8 Å². The average molecular weight is 387 g/mol. The summed E-state index contributed by atoms with van der Waals surface area (Å²) in [5, 5.41) is 4.03. The first-order valence-corrected chi connectivity index (χ1v) is 11.2. The Balaban J connectivity index is 1.21. The molecule has 0 bridgehead atoms. The van der Waals surface area contributed by atoms with Gasteiger partial charge in [0.1, 0.15) is 5.01 Å². The molecule has 1 aromatic heterocycles. The lowest BCUT2D eigenvalue weighted by Crippen LogP contribution is -2.45. The van der Waals surface area contributed by atoms with Crippen LogP contribution in [0.1, 0.15) is 43.5 Å². The summed E-state index contributed by atoms with van der Waals surface area (Å²) in [5.74, 6) is 0.747. The number of nitrogens with one attached hydrogen (secondary N) is 1. The van der Waals surface area contributed by atoms with Crippen molar-refractivity contribution in [1.29, 1.82) is 0 Å². The van der Waals surface area contributed by atoms with Gasteiger partial charge in [-0.25, -0.2) is 9.78 Å². The van der Waals surface area contributed by atoms with Gasteiger partial charge in [0.15, 0.2) is 0 Å². The number of para-hydroxylation sites is 1. The lowest BCUT2D eigenvalue weighted by molar-refractivity contribution is 0.147. The second kappa shape index (κ2) is 9.02. The van der Waals surface area contributed by atoms with Gasteiger partial charge < -0.3 is 15.1 Å². The number of benzene rings is 1. The topological polar surface area (TPSA) is 48.5 Å². The molecule has 2 aromatic rings. The van der Waals surface area contributed by atoms with E-state index in [1.807, 2.05) is 23.1 Å². The predicted molar refractivity (Wildman–Crippen MR) is 111 cm³/mol. The molecule has 4 rings (SSSR count). The molecule has 1 aromatic carbocycles. The zero-order valence-corrected chi connectivity index (χ0v) is 16.8. The summed E-state index contributed by atoms with van der Waals surface area (Å²) in [4.78, 5) is 21.7. The van der Waals surface area contributed by atoms with Crippen molar-refractivity contribution in [2.24, 2.45) is 5.92 Å². The summed E-state index contributed by atoms with van der Waals surface area (Å²) < 4.78 is 1.18. The average Bonchev–Trinajstić information content (AvgIpc) is 2.95. The van der Waals surface area contributed by atoms with Gasteiger partial charge in [-0.3, -0.25) is 0 Å². The molecule has 3 heterocycles. The standard InChI is InChI=1S/C21H30N4OS/c26-21(22-15-20-23-18-7-3-4-8-19(18)27-20)25-13-9-17(10-14-25)16-24-11-5-1-2-6-12-24/h3-4,7-8,17H,1-2,5-6,9-16H2,(H,22,26). The van der Waals surface area contributed by atoms with Gasteiger partial charge in [0.2, 0.25) is 0 Å². The molecule has 2 amide bonds. The van der Waals surface area contributed by atoms with Crippen LogP contribution in [0, 0.1) is 5.92 Å². The summed E-state index contributed by atoms with van der Waals surface area (Å²) >= 11 is 1.66. The van der Waals surface area contributed by atoms with Crippen LogP contribution in [0.5, 0.6) is 0 Å². The first-order valence-electron chi connectivity index (χ1n) is 10.4. The molecule has 0 aliphatic carbocycles. The minimum absolute atomic E-state index is 0.0579. The van der Waals surface area contributed by atoms with E-state index in [0.29, 0.717) is 6.54 Å². The number of likely N-dealkylation sites (tertiary alicyclic amines) is 2. The minimum atomic E-state index is 0.0579. The summed E-state index contributed by atoms with van der Waals surface area (Å²) in [6, 6.07) is 8.18. The molecule has 0 unspecified atom stereocenters. The lowest BCUT2D eigenvalue weighted by atomic mass is 9.96. The number of hydrogen-bond acceptors (Lipinski definition) is 4. The Morgan fingerprint density at radius 1 is 1.07 bits per heavy atom. The van der Waals surface area contributed by atoms with Gasteiger partial charge in [0, 0.05) is 19.6 Å². The molecule has 2 fully saturated rings. The van der Waals surface area contributed by atoms with Crippen LogP contribution in [-0.4, -0.2) is 53.5 Å². The third-order valence-corrected chi connectivity index (χ3v) is 6.88. The number of rotatable bonds is 4. The maximum atomic E-state index is 12.5. The number of urea groups is 1. The van der Waals surface area contributed by atoms with Gasteiger partial charge in [-0.1, -0.05) is 25.0 Å². The molecule has 2 aliphatic rings. The highest BCUT2D eigenvalue weighted by Crippen LogP contribution is 2.22. The van der Waals surface area contributed by atoms with E-state index in [2.05, 4.69) is 21.3 Å². The molecule has 5 nitrogen and oxygen atoms in total. The molecule has 27 heavy (non-hydrogen) atoms. The number of thiazole rings is 1. The SMILES string of the molecule is O=C(NCc1nc2ccccc2s1)N1CCC(CN2CCCCCC2)CC1. The van der Waals surface area contributed by atoms with Gasteiger partial charge in [-0.2, -0.15) is 0 Å². The maximum Gasteiger partial charge on any atom is 0.317 e. The highest BCUT2D eigenvalue weighted by Gasteiger charge is 2.24. The van der Waals surface area contributed by atoms with Crippen molar-refractivity contribution < 1.29 is 4.79 Å². The monoisotopic (exact) mass is 386 g/mol. The molecule has 146 valence electrons. The minimum Gasteiger partial charge on any atom is -0.331 e. The highest BCUT2D eigenvalue weighted by atomic mass is 32.1. The second-order valence-electron chi connectivity index (χ2n) is 7.88. The lowest BCUT2D eigenvalue weighted by Gasteiger charge is -2.34. The Labute approximate surface area is 165 Å². The number of aromatic nitrogens is 1. The fourth-order valence-corrected chi connectivity index (χ4v) is 5.17. The first-order chi connectivity index (χ1) is 13.3. The molecule has 2 saturated heterocycles. The van der Waals surface area contributed by atoms with Crippen LogP contribution in [0.25, 0.3) is 10.2 Å². The van der Waals surface area contributed by atoms with E-state index in [1.54, 1.807) is 11.3 Å². The summed E-state index contributed by atoms with van der Waals surface area (Å²) in [7, 11) is 0. The normalized spacial score (nSPS) is 19.9. The molecule has 0 atom stereocenters. The molecular weight excluding hydrogens is 356 g/mol. The summed E-state index contributed by atoms with van der Waals surface area (Å²) in [6.07, 6.45) is 7.75. The zero-order valence-electron chi connectivity index (χ0n) is 16.0. The molecule has 2 aliphatic heterocycles. The number of carbonyl (C=O) groups is 1. The van der Waals surface area contributed by atoms with Gasteiger partial charge >= 0.3 is 6.03 Å². The summed E-state index contributed by atoms with van der Waals surface area (Å²) in [5.41, 5.74) is 1.01. The van der Waals surface area contributed by atoms with Crippen LogP contribution in [0.4, 0.5) is 4.79 Å². The van der Waals surface area contributed by atoms with Gasteiger partial charge in [0.25, 0.3) is 0 Å². The van der Waals surface area contributed by atoms with E-state index in [0.717, 1.165) is 42.4 Å². The molecule has 0 radical (unpaired) electrons. The number of carbonyl (C=O) groups excluding carboxylic acids is 1. The van der Waals surface area contributed by atoms with Gasteiger partial charge in [-0.15, -0.1) is 11.3 Å². The van der Waals surface area contributed by atoms with Crippen LogP contribution in [-0.2, 0) is 6.54 Å². The Bertz CT molecular complexity index is 712. The number of piperidine rings is 1. The van der Waals surface area contributed by atoms with E-state index in [-0.39, 0.29) is 6.03 Å². The van der Waals surface area contributed by atoms with E-state index >= 15 is 0 Å².